The SMILES string of the molecule is C.C=P(C)(C(C)(C)C)C(C)(C)C. The molecule has 0 aromatic heterocycles. The zero-order valence-electron chi connectivity index (χ0n) is 9.15. The van der Waals surface area contributed by atoms with Gasteiger partial charge in [0.2, 0.25) is 0 Å². The maximum Gasteiger partial charge on any atom is -0.0184 e. The highest BCUT2D eigenvalue weighted by molar-refractivity contribution is 7.75. The van der Waals surface area contributed by atoms with Crippen molar-refractivity contribution in [1.29, 1.82) is 0 Å². The van der Waals surface area contributed by atoms with E-state index >= 15 is 0 Å². The average molecular weight is 190 g/mol. The Bertz CT molecular complexity index is 158. The van der Waals surface area contributed by atoms with Crippen LogP contribution in [0.15, 0.2) is 0 Å². The topological polar surface area (TPSA) is 0 Å². The summed E-state index contributed by atoms with van der Waals surface area (Å²) in [5.41, 5.74) is 0. The minimum absolute atomic E-state index is 0. The monoisotopic (exact) mass is 190 g/mol. The van der Waals surface area contributed by atoms with Gasteiger partial charge in [-0.1, -0.05) is 55.3 Å². The molecule has 0 aliphatic heterocycles. The fourth-order valence-electron chi connectivity index (χ4n) is 1.01. The van der Waals surface area contributed by atoms with Crippen LogP contribution in [-0.2, 0) is 0 Å². The van der Waals surface area contributed by atoms with Crippen LogP contribution in [-0.4, -0.2) is 23.3 Å². The predicted molar refractivity (Wildman–Crippen MR) is 66.2 cm³/mol. The maximum absolute atomic E-state index is 4.42. The molecule has 76 valence electrons. The molecule has 0 aromatic carbocycles. The Labute approximate surface area is 79.7 Å². The molecule has 0 aromatic rings. The second-order valence-electron chi connectivity index (χ2n) is 5.53. The van der Waals surface area contributed by atoms with Crippen LogP contribution >= 0.6 is 6.89 Å². The number of hydrogen-bond donors (Lipinski definition) is 0. The molecule has 0 atom stereocenters. The van der Waals surface area contributed by atoms with Crippen molar-refractivity contribution < 1.29 is 0 Å². The Morgan fingerprint density at radius 1 is 0.833 bits per heavy atom. The number of rotatable bonds is 0. The Morgan fingerprint density at radius 2 is 1.00 bits per heavy atom. The first-order valence-corrected chi connectivity index (χ1v) is 6.63. The van der Waals surface area contributed by atoms with E-state index in [4.69, 9.17) is 0 Å². The molecule has 0 fully saturated rings. The van der Waals surface area contributed by atoms with Gasteiger partial charge >= 0.3 is 0 Å². The summed E-state index contributed by atoms with van der Waals surface area (Å²) in [5, 5.41) is 0.760. The molecule has 0 nitrogen and oxygen atoms in total. The van der Waals surface area contributed by atoms with E-state index in [0.717, 1.165) is 0 Å². The van der Waals surface area contributed by atoms with Crippen molar-refractivity contribution in [3.8, 4) is 0 Å². The lowest BCUT2D eigenvalue weighted by Crippen LogP contribution is -2.27. The summed E-state index contributed by atoms with van der Waals surface area (Å²) in [6.45, 7) is 15.1. The lowest BCUT2D eigenvalue weighted by atomic mass is 10.2. The summed E-state index contributed by atoms with van der Waals surface area (Å²) >= 11 is 0. The molecule has 0 bridgehead atoms. The fraction of sp³-hybridized carbons (Fsp3) is 0.909. The van der Waals surface area contributed by atoms with Crippen LogP contribution in [0.5, 0.6) is 0 Å². The van der Waals surface area contributed by atoms with E-state index in [1.54, 1.807) is 0 Å². The van der Waals surface area contributed by atoms with E-state index < -0.39 is 6.89 Å². The standard InChI is InChI=1S/C10H23P.CH4/c1-9(2,3)11(7,8)10(4,5)6;/h7H2,1-6,8H3;1H4. The molecule has 0 heterocycles. The van der Waals surface area contributed by atoms with Crippen molar-refractivity contribution in [2.75, 3.05) is 6.66 Å². The summed E-state index contributed by atoms with van der Waals surface area (Å²) in [5.74, 6) is 0. The van der Waals surface area contributed by atoms with Gasteiger partial charge in [-0.05, 0) is 17.0 Å². The second kappa shape index (κ2) is 3.58. The molecule has 0 rings (SSSR count). The van der Waals surface area contributed by atoms with Gasteiger partial charge in [-0.3, -0.25) is 0 Å². The quantitative estimate of drug-likeness (QED) is 0.500. The largest absolute Gasteiger partial charge is 0.105 e. The van der Waals surface area contributed by atoms with Crippen LogP contribution in [0.2, 0.25) is 0 Å². The van der Waals surface area contributed by atoms with Crippen molar-refractivity contribution in [3.63, 3.8) is 0 Å². The molecule has 0 N–H and O–H groups in total. The molecular weight excluding hydrogens is 163 g/mol. The van der Waals surface area contributed by atoms with Crippen LogP contribution in [0.3, 0.4) is 0 Å². The normalized spacial score (nSPS) is 13.9. The van der Waals surface area contributed by atoms with E-state index in [1.165, 1.54) is 0 Å². The summed E-state index contributed by atoms with van der Waals surface area (Å²) in [7, 11) is 0. The van der Waals surface area contributed by atoms with E-state index in [-0.39, 0.29) is 7.43 Å². The molecule has 0 aliphatic carbocycles. The van der Waals surface area contributed by atoms with E-state index in [0.29, 0.717) is 10.3 Å². The molecule has 0 aliphatic rings. The lowest BCUT2D eigenvalue weighted by molar-refractivity contribution is 0.707. The van der Waals surface area contributed by atoms with Gasteiger partial charge in [-0.2, -0.15) is 0 Å². The van der Waals surface area contributed by atoms with Crippen LogP contribution in [0, 0.1) is 0 Å². The van der Waals surface area contributed by atoms with Crippen LogP contribution in [0.1, 0.15) is 49.0 Å². The van der Waals surface area contributed by atoms with Crippen molar-refractivity contribution in [1.82, 2.24) is 0 Å². The van der Waals surface area contributed by atoms with E-state index in [2.05, 4.69) is 54.5 Å². The highest BCUT2D eigenvalue weighted by Crippen LogP contribution is 2.63. The maximum atomic E-state index is 4.42. The van der Waals surface area contributed by atoms with Crippen LogP contribution in [0.25, 0.3) is 0 Å². The minimum atomic E-state index is -1.06. The van der Waals surface area contributed by atoms with Gasteiger partial charge in [0, 0.05) is 0 Å². The first kappa shape index (κ1) is 14.8. The van der Waals surface area contributed by atoms with Gasteiger partial charge in [0.15, 0.2) is 0 Å². The molecule has 0 unspecified atom stereocenters. The zero-order chi connectivity index (χ0) is 9.50. The van der Waals surface area contributed by atoms with Gasteiger partial charge in [-0.25, -0.2) is 0 Å². The Kier molecular flexibility index (Phi) is 4.42. The molecule has 0 saturated carbocycles. The van der Waals surface area contributed by atoms with E-state index in [1.807, 2.05) is 0 Å². The summed E-state index contributed by atoms with van der Waals surface area (Å²) in [6, 6.07) is 0. The zero-order valence-corrected chi connectivity index (χ0v) is 10.0. The first-order chi connectivity index (χ1) is 4.50. The Balaban J connectivity index is 0. The molecule has 0 saturated heterocycles. The Hall–Kier alpha value is 0.300. The first-order valence-electron chi connectivity index (χ1n) is 4.21. The van der Waals surface area contributed by atoms with Crippen molar-refractivity contribution >= 4 is 13.2 Å². The summed E-state index contributed by atoms with van der Waals surface area (Å²) < 4.78 is 0. The Morgan fingerprint density at radius 3 is 1.00 bits per heavy atom. The molecule has 12 heavy (non-hydrogen) atoms. The van der Waals surface area contributed by atoms with Crippen molar-refractivity contribution in [3.05, 3.63) is 0 Å². The third kappa shape index (κ3) is 2.66. The van der Waals surface area contributed by atoms with Crippen LogP contribution in [0.4, 0.5) is 0 Å². The van der Waals surface area contributed by atoms with Gasteiger partial charge in [0.05, 0.1) is 0 Å². The minimum Gasteiger partial charge on any atom is -0.105 e. The van der Waals surface area contributed by atoms with Gasteiger partial charge < -0.3 is 0 Å². The third-order valence-corrected chi connectivity index (χ3v) is 8.88. The lowest BCUT2D eigenvalue weighted by Gasteiger charge is -2.44. The average Bonchev–Trinajstić information content (AvgIpc) is 1.58. The molecule has 1 heteroatoms. The molecule has 0 spiro atoms. The van der Waals surface area contributed by atoms with Crippen molar-refractivity contribution in [2.45, 2.75) is 59.3 Å². The molecule has 0 amide bonds. The van der Waals surface area contributed by atoms with Crippen molar-refractivity contribution in [2.24, 2.45) is 0 Å². The summed E-state index contributed by atoms with van der Waals surface area (Å²) in [6.07, 6.45) is 4.42. The van der Waals surface area contributed by atoms with Crippen LogP contribution < -0.4 is 0 Å². The highest BCUT2D eigenvalue weighted by Gasteiger charge is 2.34. The van der Waals surface area contributed by atoms with E-state index in [9.17, 15) is 0 Å². The number of hydrogen-bond acceptors (Lipinski definition) is 0. The molecule has 0 radical (unpaired) electrons. The van der Waals surface area contributed by atoms with Gasteiger partial charge in [0.25, 0.3) is 0 Å². The summed E-state index contributed by atoms with van der Waals surface area (Å²) in [4.78, 5) is 0. The fourth-order valence-corrected chi connectivity index (χ4v) is 3.02. The second-order valence-corrected chi connectivity index (χ2v) is 10.6. The van der Waals surface area contributed by atoms with Gasteiger partial charge in [-0.15, -0.1) is 6.89 Å². The third-order valence-electron chi connectivity index (χ3n) is 2.96. The van der Waals surface area contributed by atoms with Gasteiger partial charge in [0.1, 0.15) is 0 Å². The highest BCUT2D eigenvalue weighted by atomic mass is 31.2. The predicted octanol–water partition coefficient (Wildman–Crippen LogP) is 4.30. The molecular formula is C11H27P. The smallest absolute Gasteiger partial charge is 0.0184 e.